The van der Waals surface area contributed by atoms with Crippen molar-refractivity contribution < 1.29 is 9.50 Å². The molecule has 1 aromatic rings. The van der Waals surface area contributed by atoms with Crippen LogP contribution in [-0.2, 0) is 5.41 Å². The fraction of sp³-hybridized carbons (Fsp3) is 0.500. The highest BCUT2D eigenvalue weighted by atomic mass is 19.1. The van der Waals surface area contributed by atoms with E-state index in [1.54, 1.807) is 6.07 Å². The predicted octanol–water partition coefficient (Wildman–Crippen LogP) is 2.30. The van der Waals surface area contributed by atoms with Crippen molar-refractivity contribution in [3.63, 3.8) is 0 Å². The molecule has 1 fully saturated rings. The molecule has 1 aromatic carbocycles. The van der Waals surface area contributed by atoms with Crippen molar-refractivity contribution in [3.8, 4) is 5.75 Å². The molecule has 0 spiro atoms. The summed E-state index contributed by atoms with van der Waals surface area (Å²) in [6.07, 6.45) is 3.96. The topological polar surface area (TPSA) is 46.2 Å². The van der Waals surface area contributed by atoms with E-state index >= 15 is 0 Å². The molecular formula is C12H16FNO. The number of nitrogens with two attached hydrogens (primary N) is 1. The molecule has 15 heavy (non-hydrogen) atoms. The Morgan fingerprint density at radius 3 is 2.67 bits per heavy atom. The number of phenolic OH excluding ortho intramolecular Hbond substituents is 1. The van der Waals surface area contributed by atoms with Gasteiger partial charge in [-0.15, -0.1) is 0 Å². The van der Waals surface area contributed by atoms with E-state index in [4.69, 9.17) is 5.73 Å². The molecule has 2 rings (SSSR count). The molecular weight excluding hydrogens is 193 g/mol. The van der Waals surface area contributed by atoms with E-state index in [9.17, 15) is 9.50 Å². The summed E-state index contributed by atoms with van der Waals surface area (Å²) in [6, 6.07) is 4.75. The molecule has 0 atom stereocenters. The van der Waals surface area contributed by atoms with E-state index in [0.717, 1.165) is 31.2 Å². The molecule has 0 aliphatic heterocycles. The van der Waals surface area contributed by atoms with Gasteiger partial charge in [0.25, 0.3) is 0 Å². The molecule has 1 aliphatic rings. The molecule has 82 valence electrons. The first kappa shape index (κ1) is 10.4. The average Bonchev–Trinajstić information content (AvgIpc) is 2.17. The van der Waals surface area contributed by atoms with E-state index < -0.39 is 5.82 Å². The Balaban J connectivity index is 2.38. The first-order valence-electron chi connectivity index (χ1n) is 5.38. The lowest BCUT2D eigenvalue weighted by molar-refractivity contribution is 0.220. The van der Waals surface area contributed by atoms with Crippen LogP contribution in [0.4, 0.5) is 4.39 Å². The number of hydrogen-bond acceptors (Lipinski definition) is 2. The van der Waals surface area contributed by atoms with Gasteiger partial charge in [-0.25, -0.2) is 4.39 Å². The number of para-hydroxylation sites is 1. The molecule has 0 bridgehead atoms. The summed E-state index contributed by atoms with van der Waals surface area (Å²) in [5, 5.41) is 9.71. The molecule has 1 aliphatic carbocycles. The molecule has 3 heteroatoms. The van der Waals surface area contributed by atoms with Crippen molar-refractivity contribution in [1.82, 2.24) is 0 Å². The lowest BCUT2D eigenvalue weighted by Crippen LogP contribution is -2.36. The van der Waals surface area contributed by atoms with E-state index in [1.165, 1.54) is 6.07 Å². The first-order valence-corrected chi connectivity index (χ1v) is 5.38. The van der Waals surface area contributed by atoms with Crippen LogP contribution in [0.5, 0.6) is 5.75 Å². The third-order valence-electron chi connectivity index (χ3n) is 3.49. The number of rotatable bonds is 3. The molecule has 0 radical (unpaired) electrons. The molecule has 2 nitrogen and oxygen atoms in total. The smallest absolute Gasteiger partial charge is 0.165 e. The summed E-state index contributed by atoms with van der Waals surface area (Å²) in [5.41, 5.74) is 6.24. The van der Waals surface area contributed by atoms with Crippen LogP contribution in [0.1, 0.15) is 31.2 Å². The van der Waals surface area contributed by atoms with Crippen molar-refractivity contribution in [3.05, 3.63) is 29.6 Å². The van der Waals surface area contributed by atoms with Gasteiger partial charge in [0.1, 0.15) is 0 Å². The summed E-state index contributed by atoms with van der Waals surface area (Å²) in [6.45, 7) is 0.579. The van der Waals surface area contributed by atoms with Gasteiger partial charge in [-0.2, -0.15) is 0 Å². The Bertz CT molecular complexity index is 361. The van der Waals surface area contributed by atoms with Crippen molar-refractivity contribution in [2.24, 2.45) is 5.73 Å². The number of halogens is 1. The maximum absolute atomic E-state index is 13.2. The van der Waals surface area contributed by atoms with Crippen molar-refractivity contribution in [2.45, 2.75) is 31.1 Å². The van der Waals surface area contributed by atoms with Gasteiger partial charge < -0.3 is 10.8 Å². The van der Waals surface area contributed by atoms with Crippen molar-refractivity contribution in [2.75, 3.05) is 6.54 Å². The quantitative estimate of drug-likeness (QED) is 0.802. The zero-order valence-corrected chi connectivity index (χ0v) is 8.67. The van der Waals surface area contributed by atoms with Crippen molar-refractivity contribution >= 4 is 0 Å². The summed E-state index contributed by atoms with van der Waals surface area (Å²) < 4.78 is 13.2. The van der Waals surface area contributed by atoms with Gasteiger partial charge in [-0.1, -0.05) is 18.6 Å². The normalized spacial score (nSPS) is 18.5. The Morgan fingerprint density at radius 2 is 2.13 bits per heavy atom. The minimum absolute atomic E-state index is 0.0685. The van der Waals surface area contributed by atoms with Gasteiger partial charge in [-0.3, -0.25) is 0 Å². The minimum Gasteiger partial charge on any atom is -0.505 e. The number of benzene rings is 1. The van der Waals surface area contributed by atoms with Crippen LogP contribution >= 0.6 is 0 Å². The van der Waals surface area contributed by atoms with Crippen LogP contribution in [-0.4, -0.2) is 11.7 Å². The monoisotopic (exact) mass is 209 g/mol. The largest absolute Gasteiger partial charge is 0.505 e. The summed E-state index contributed by atoms with van der Waals surface area (Å²) in [7, 11) is 0. The second-order valence-corrected chi connectivity index (χ2v) is 4.31. The fourth-order valence-electron chi connectivity index (χ4n) is 2.48. The second kappa shape index (κ2) is 3.81. The Morgan fingerprint density at radius 1 is 1.40 bits per heavy atom. The standard InChI is InChI=1S/C12H16FNO/c13-10-4-1-3-9(11(10)15)12(7-8-14)5-2-6-12/h1,3-4,15H,2,5-8,14H2. The number of aromatic hydroxyl groups is 1. The fourth-order valence-corrected chi connectivity index (χ4v) is 2.48. The van der Waals surface area contributed by atoms with Gasteiger partial charge >= 0.3 is 0 Å². The van der Waals surface area contributed by atoms with E-state index in [1.807, 2.05) is 6.07 Å². The average molecular weight is 209 g/mol. The highest BCUT2D eigenvalue weighted by Gasteiger charge is 2.40. The summed E-state index contributed by atoms with van der Waals surface area (Å²) in [5.74, 6) is -0.721. The van der Waals surface area contributed by atoms with Crippen LogP contribution in [0.2, 0.25) is 0 Å². The maximum Gasteiger partial charge on any atom is 0.165 e. The van der Waals surface area contributed by atoms with Gasteiger partial charge in [0.2, 0.25) is 0 Å². The zero-order chi connectivity index (χ0) is 10.9. The third-order valence-corrected chi connectivity index (χ3v) is 3.49. The van der Waals surface area contributed by atoms with Crippen LogP contribution in [0.15, 0.2) is 18.2 Å². The molecule has 0 heterocycles. The number of phenols is 1. The predicted molar refractivity (Wildman–Crippen MR) is 57.3 cm³/mol. The molecule has 0 saturated heterocycles. The van der Waals surface area contributed by atoms with E-state index in [-0.39, 0.29) is 11.2 Å². The molecule has 3 N–H and O–H groups in total. The van der Waals surface area contributed by atoms with Gasteiger partial charge in [0, 0.05) is 11.0 Å². The lowest BCUT2D eigenvalue weighted by Gasteiger charge is -2.42. The minimum atomic E-state index is -0.532. The first-order chi connectivity index (χ1) is 7.19. The van der Waals surface area contributed by atoms with Gasteiger partial charge in [-0.05, 0) is 31.9 Å². The van der Waals surface area contributed by atoms with Crippen molar-refractivity contribution in [1.29, 1.82) is 0 Å². The van der Waals surface area contributed by atoms with Gasteiger partial charge in [0.05, 0.1) is 0 Å². The van der Waals surface area contributed by atoms with E-state index in [2.05, 4.69) is 0 Å². The third kappa shape index (κ3) is 1.61. The lowest BCUT2D eigenvalue weighted by atomic mass is 9.62. The summed E-state index contributed by atoms with van der Waals surface area (Å²) in [4.78, 5) is 0. The zero-order valence-electron chi connectivity index (χ0n) is 8.67. The second-order valence-electron chi connectivity index (χ2n) is 4.31. The summed E-state index contributed by atoms with van der Waals surface area (Å²) >= 11 is 0. The van der Waals surface area contributed by atoms with Crippen LogP contribution in [0.25, 0.3) is 0 Å². The van der Waals surface area contributed by atoms with E-state index in [0.29, 0.717) is 6.54 Å². The Hall–Kier alpha value is -1.09. The van der Waals surface area contributed by atoms with Crippen LogP contribution < -0.4 is 5.73 Å². The Labute approximate surface area is 88.9 Å². The molecule has 1 saturated carbocycles. The maximum atomic E-state index is 13.2. The molecule has 0 amide bonds. The van der Waals surface area contributed by atoms with Crippen LogP contribution in [0.3, 0.4) is 0 Å². The molecule has 0 unspecified atom stereocenters. The number of hydrogen-bond donors (Lipinski definition) is 2. The highest BCUT2D eigenvalue weighted by molar-refractivity contribution is 5.41. The highest BCUT2D eigenvalue weighted by Crippen LogP contribution is 2.49. The SMILES string of the molecule is NCCC1(c2cccc(F)c2O)CCC1. The van der Waals surface area contributed by atoms with Crippen LogP contribution in [0, 0.1) is 5.82 Å². The van der Waals surface area contributed by atoms with Gasteiger partial charge in [0.15, 0.2) is 11.6 Å². The molecule has 0 aromatic heterocycles. The Kier molecular flexibility index (Phi) is 2.65.